The highest BCUT2D eigenvalue weighted by Gasteiger charge is 2.15. The molecule has 2 aromatic rings. The van der Waals surface area contributed by atoms with E-state index in [0.29, 0.717) is 12.3 Å². The lowest BCUT2D eigenvalue weighted by molar-refractivity contribution is 0.338. The predicted molar refractivity (Wildman–Crippen MR) is 71.2 cm³/mol. The van der Waals surface area contributed by atoms with Gasteiger partial charge in [0.15, 0.2) is 5.69 Å². The normalized spacial score (nSPS) is 10.2. The van der Waals surface area contributed by atoms with Gasteiger partial charge in [0.2, 0.25) is 0 Å². The fourth-order valence-corrected chi connectivity index (χ4v) is 1.95. The molecule has 98 valence electrons. The second-order valence-corrected chi connectivity index (χ2v) is 4.06. The van der Waals surface area contributed by atoms with Gasteiger partial charge in [0, 0.05) is 0 Å². The summed E-state index contributed by atoms with van der Waals surface area (Å²) in [7, 11) is 0. The van der Waals surface area contributed by atoms with Gasteiger partial charge in [0.1, 0.15) is 17.5 Å². The molecule has 1 aromatic heterocycles. The van der Waals surface area contributed by atoms with Crippen molar-refractivity contribution in [3.05, 3.63) is 35.7 Å². The van der Waals surface area contributed by atoms with Gasteiger partial charge in [-0.15, -0.1) is 5.10 Å². The van der Waals surface area contributed by atoms with Crippen molar-refractivity contribution < 1.29 is 4.74 Å². The zero-order chi connectivity index (χ0) is 13.7. The van der Waals surface area contributed by atoms with Crippen molar-refractivity contribution in [1.29, 1.82) is 5.26 Å². The second kappa shape index (κ2) is 6.01. The van der Waals surface area contributed by atoms with Gasteiger partial charge >= 0.3 is 0 Å². The Balaban J connectivity index is 2.53. The number of hydrogen-bond acceptors (Lipinski definition) is 4. The van der Waals surface area contributed by atoms with Crippen LogP contribution in [0.4, 0.5) is 0 Å². The fourth-order valence-electron chi connectivity index (χ4n) is 1.95. The van der Waals surface area contributed by atoms with Crippen LogP contribution in [0.25, 0.3) is 5.69 Å². The van der Waals surface area contributed by atoms with Gasteiger partial charge in [0.25, 0.3) is 0 Å². The van der Waals surface area contributed by atoms with Gasteiger partial charge in [-0.25, -0.2) is 4.68 Å². The first-order valence-electron chi connectivity index (χ1n) is 6.38. The molecule has 1 aromatic carbocycles. The minimum absolute atomic E-state index is 0.383. The molecule has 19 heavy (non-hydrogen) atoms. The summed E-state index contributed by atoms with van der Waals surface area (Å²) >= 11 is 0. The van der Waals surface area contributed by atoms with Crippen molar-refractivity contribution >= 4 is 0 Å². The molecular formula is C14H16N4O. The lowest BCUT2D eigenvalue weighted by Crippen LogP contribution is -2.06. The van der Waals surface area contributed by atoms with Gasteiger partial charge in [-0.1, -0.05) is 30.7 Å². The van der Waals surface area contributed by atoms with Crippen LogP contribution < -0.4 is 4.74 Å². The summed E-state index contributed by atoms with van der Waals surface area (Å²) in [5.41, 5.74) is 2.03. The maximum Gasteiger partial charge on any atom is 0.186 e. The van der Waals surface area contributed by atoms with E-state index >= 15 is 0 Å². The van der Waals surface area contributed by atoms with E-state index in [1.165, 1.54) is 0 Å². The quantitative estimate of drug-likeness (QED) is 0.824. The Bertz CT molecular complexity index is 598. The van der Waals surface area contributed by atoms with E-state index in [1.807, 2.05) is 31.2 Å². The van der Waals surface area contributed by atoms with Gasteiger partial charge < -0.3 is 4.74 Å². The predicted octanol–water partition coefficient (Wildman–Crippen LogP) is 2.49. The average molecular weight is 256 g/mol. The van der Waals surface area contributed by atoms with Crippen molar-refractivity contribution in [2.75, 3.05) is 6.61 Å². The van der Waals surface area contributed by atoms with Crippen LogP contribution >= 0.6 is 0 Å². The minimum Gasteiger partial charge on any atom is -0.492 e. The van der Waals surface area contributed by atoms with Crippen molar-refractivity contribution in [1.82, 2.24) is 15.0 Å². The second-order valence-electron chi connectivity index (χ2n) is 4.06. The molecule has 0 atom stereocenters. The van der Waals surface area contributed by atoms with Gasteiger partial charge in [-0.2, -0.15) is 5.26 Å². The Morgan fingerprint density at radius 3 is 2.79 bits per heavy atom. The van der Waals surface area contributed by atoms with E-state index in [2.05, 4.69) is 23.3 Å². The molecule has 0 N–H and O–H groups in total. The molecule has 0 unspecified atom stereocenters. The smallest absolute Gasteiger partial charge is 0.186 e. The van der Waals surface area contributed by atoms with Crippen molar-refractivity contribution in [2.45, 2.75) is 26.7 Å². The molecule has 5 nitrogen and oxygen atoms in total. The summed E-state index contributed by atoms with van der Waals surface area (Å²) in [6.45, 7) is 4.58. The monoisotopic (exact) mass is 256 g/mol. The van der Waals surface area contributed by atoms with E-state index < -0.39 is 0 Å². The highest BCUT2D eigenvalue weighted by molar-refractivity contribution is 5.48. The molecule has 5 heteroatoms. The number of para-hydroxylation sites is 2. The average Bonchev–Trinajstić information content (AvgIpc) is 2.83. The Kier molecular flexibility index (Phi) is 4.14. The van der Waals surface area contributed by atoms with Crippen LogP contribution in [0.2, 0.25) is 0 Å². The van der Waals surface area contributed by atoms with E-state index in [9.17, 15) is 0 Å². The Hall–Kier alpha value is -2.35. The van der Waals surface area contributed by atoms with E-state index in [-0.39, 0.29) is 0 Å². The molecule has 0 aliphatic heterocycles. The molecule has 0 bridgehead atoms. The number of hydrogen-bond donors (Lipinski definition) is 0. The molecule has 0 saturated carbocycles. The zero-order valence-corrected chi connectivity index (χ0v) is 11.1. The fraction of sp³-hybridized carbons (Fsp3) is 0.357. The lowest BCUT2D eigenvalue weighted by atomic mass is 10.2. The molecule has 0 amide bonds. The van der Waals surface area contributed by atoms with E-state index in [0.717, 1.165) is 30.0 Å². The maximum absolute atomic E-state index is 9.08. The molecular weight excluding hydrogens is 240 g/mol. The molecule has 0 aliphatic rings. The summed E-state index contributed by atoms with van der Waals surface area (Å²) in [4.78, 5) is 0. The Labute approximate surface area is 112 Å². The van der Waals surface area contributed by atoms with Crippen LogP contribution in [0.3, 0.4) is 0 Å². The summed E-state index contributed by atoms with van der Waals surface area (Å²) in [5, 5.41) is 17.1. The van der Waals surface area contributed by atoms with Crippen LogP contribution in [-0.4, -0.2) is 21.6 Å². The third-order valence-electron chi connectivity index (χ3n) is 2.75. The summed E-state index contributed by atoms with van der Waals surface area (Å²) in [5.74, 6) is 0.747. The molecule has 1 heterocycles. The molecule has 0 aliphatic carbocycles. The third kappa shape index (κ3) is 2.58. The topological polar surface area (TPSA) is 63.7 Å². The van der Waals surface area contributed by atoms with Crippen molar-refractivity contribution in [3.63, 3.8) is 0 Å². The molecule has 2 rings (SSSR count). The van der Waals surface area contributed by atoms with Gasteiger partial charge in [0.05, 0.1) is 12.3 Å². The first-order chi connectivity index (χ1) is 9.31. The first-order valence-corrected chi connectivity index (χ1v) is 6.38. The van der Waals surface area contributed by atoms with Gasteiger partial charge in [-0.3, -0.25) is 0 Å². The Morgan fingerprint density at radius 2 is 2.11 bits per heavy atom. The summed E-state index contributed by atoms with van der Waals surface area (Å²) < 4.78 is 7.30. The lowest BCUT2D eigenvalue weighted by Gasteiger charge is -2.11. The van der Waals surface area contributed by atoms with Gasteiger partial charge in [-0.05, 0) is 25.5 Å². The number of aromatic nitrogens is 3. The summed E-state index contributed by atoms with van der Waals surface area (Å²) in [6, 6.07) is 9.73. The summed E-state index contributed by atoms with van der Waals surface area (Å²) in [6.07, 6.45) is 1.69. The minimum atomic E-state index is 0.383. The van der Waals surface area contributed by atoms with Crippen molar-refractivity contribution in [3.8, 4) is 17.5 Å². The molecule has 0 radical (unpaired) electrons. The van der Waals surface area contributed by atoms with Crippen LogP contribution in [0, 0.1) is 11.3 Å². The van der Waals surface area contributed by atoms with Crippen molar-refractivity contribution in [2.24, 2.45) is 0 Å². The van der Waals surface area contributed by atoms with E-state index in [1.54, 1.807) is 4.68 Å². The Morgan fingerprint density at radius 1 is 1.32 bits per heavy atom. The maximum atomic E-state index is 9.08. The largest absolute Gasteiger partial charge is 0.492 e. The van der Waals surface area contributed by atoms with Crippen LogP contribution in [0.1, 0.15) is 31.7 Å². The van der Waals surface area contributed by atoms with Crippen LogP contribution in [0.15, 0.2) is 24.3 Å². The third-order valence-corrected chi connectivity index (χ3v) is 2.75. The van der Waals surface area contributed by atoms with Crippen LogP contribution in [-0.2, 0) is 6.42 Å². The number of nitrogens with zero attached hydrogens (tertiary/aromatic N) is 4. The molecule has 0 fully saturated rings. The number of ether oxygens (including phenoxy) is 1. The van der Waals surface area contributed by atoms with Crippen LogP contribution in [0.5, 0.6) is 5.75 Å². The zero-order valence-electron chi connectivity index (χ0n) is 11.1. The number of benzene rings is 1. The highest BCUT2D eigenvalue weighted by atomic mass is 16.5. The standard InChI is InChI=1S/C14H16N4O/c1-3-7-12-11(10-15)16-17-18(12)13-8-5-6-9-14(13)19-4-2/h5-6,8-9H,3-4,7H2,1-2H3. The number of nitriles is 1. The molecule has 0 spiro atoms. The highest BCUT2D eigenvalue weighted by Crippen LogP contribution is 2.24. The SMILES string of the molecule is CCCc1c(C#N)nnn1-c1ccccc1OCC. The number of rotatable bonds is 5. The van der Waals surface area contributed by atoms with E-state index in [4.69, 9.17) is 10.00 Å². The molecule has 0 saturated heterocycles. The first kappa shape index (κ1) is 13.1.